The Kier molecular flexibility index (Phi) is 5.43. The zero-order chi connectivity index (χ0) is 18.5. The third-order valence-electron chi connectivity index (χ3n) is 4.31. The van der Waals surface area contributed by atoms with Crippen molar-refractivity contribution in [3.63, 3.8) is 0 Å². The maximum atomic E-state index is 11.9. The number of nitrogens with one attached hydrogen (secondary N) is 2. The van der Waals surface area contributed by atoms with E-state index in [1.165, 1.54) is 5.56 Å². The van der Waals surface area contributed by atoms with Gasteiger partial charge in [0.1, 0.15) is 11.6 Å². The SMILES string of the molecule is COCc1ccccc1CNc1ccc(-c2nc(C)c(C)c(=O)[nH]2)cn1. The van der Waals surface area contributed by atoms with Crippen LogP contribution in [0.4, 0.5) is 5.82 Å². The molecule has 0 spiro atoms. The number of methoxy groups -OCH3 is 1. The fourth-order valence-electron chi connectivity index (χ4n) is 2.63. The number of hydrogen-bond donors (Lipinski definition) is 2. The largest absolute Gasteiger partial charge is 0.380 e. The van der Waals surface area contributed by atoms with E-state index in [0.29, 0.717) is 24.5 Å². The van der Waals surface area contributed by atoms with Gasteiger partial charge in [0.15, 0.2) is 0 Å². The molecule has 6 nitrogen and oxygen atoms in total. The minimum atomic E-state index is -0.121. The highest BCUT2D eigenvalue weighted by Gasteiger charge is 2.07. The Bertz CT molecular complexity index is 949. The van der Waals surface area contributed by atoms with Gasteiger partial charge in [-0.3, -0.25) is 4.79 Å². The van der Waals surface area contributed by atoms with E-state index in [0.717, 1.165) is 22.6 Å². The second kappa shape index (κ2) is 7.93. The number of rotatable bonds is 6. The van der Waals surface area contributed by atoms with Crippen LogP contribution in [0.3, 0.4) is 0 Å². The molecule has 0 saturated carbocycles. The fourth-order valence-corrected chi connectivity index (χ4v) is 2.63. The summed E-state index contributed by atoms with van der Waals surface area (Å²) >= 11 is 0. The summed E-state index contributed by atoms with van der Waals surface area (Å²) in [7, 11) is 1.69. The van der Waals surface area contributed by atoms with Crippen LogP contribution in [0.2, 0.25) is 0 Å². The number of aromatic nitrogens is 3. The molecular weight excluding hydrogens is 328 g/mol. The van der Waals surface area contributed by atoms with Crippen molar-refractivity contribution >= 4 is 5.82 Å². The smallest absolute Gasteiger partial charge is 0.254 e. The molecule has 0 atom stereocenters. The summed E-state index contributed by atoms with van der Waals surface area (Å²) in [5.41, 5.74) is 4.33. The van der Waals surface area contributed by atoms with Crippen LogP contribution in [0, 0.1) is 13.8 Å². The second-order valence-corrected chi connectivity index (χ2v) is 6.11. The average molecular weight is 350 g/mol. The van der Waals surface area contributed by atoms with Gasteiger partial charge in [-0.05, 0) is 37.1 Å². The van der Waals surface area contributed by atoms with Crippen LogP contribution in [0.15, 0.2) is 47.4 Å². The Labute approximate surface area is 152 Å². The van der Waals surface area contributed by atoms with Gasteiger partial charge >= 0.3 is 0 Å². The van der Waals surface area contributed by atoms with E-state index in [-0.39, 0.29) is 5.56 Å². The van der Waals surface area contributed by atoms with Gasteiger partial charge in [-0.2, -0.15) is 0 Å². The summed E-state index contributed by atoms with van der Waals surface area (Å²) in [5, 5.41) is 3.31. The molecule has 0 unspecified atom stereocenters. The van der Waals surface area contributed by atoms with E-state index < -0.39 is 0 Å². The molecule has 0 saturated heterocycles. The fraction of sp³-hybridized carbons (Fsp3) is 0.250. The normalized spacial score (nSPS) is 10.7. The molecule has 134 valence electrons. The van der Waals surface area contributed by atoms with Gasteiger partial charge in [0.2, 0.25) is 0 Å². The van der Waals surface area contributed by atoms with Crippen LogP contribution in [0.25, 0.3) is 11.4 Å². The van der Waals surface area contributed by atoms with E-state index in [2.05, 4.69) is 32.4 Å². The number of hydrogen-bond acceptors (Lipinski definition) is 5. The Morgan fingerprint density at radius 1 is 1.12 bits per heavy atom. The number of aryl methyl sites for hydroxylation is 1. The number of ether oxygens (including phenoxy) is 1. The van der Waals surface area contributed by atoms with Crippen LogP contribution >= 0.6 is 0 Å². The van der Waals surface area contributed by atoms with Gasteiger partial charge in [0.25, 0.3) is 5.56 Å². The van der Waals surface area contributed by atoms with E-state index >= 15 is 0 Å². The number of anilines is 1. The maximum Gasteiger partial charge on any atom is 0.254 e. The molecule has 0 amide bonds. The van der Waals surface area contributed by atoms with Crippen LogP contribution in [0.5, 0.6) is 0 Å². The van der Waals surface area contributed by atoms with E-state index in [9.17, 15) is 4.79 Å². The van der Waals surface area contributed by atoms with Crippen LogP contribution in [-0.4, -0.2) is 22.1 Å². The van der Waals surface area contributed by atoms with Gasteiger partial charge in [-0.1, -0.05) is 24.3 Å². The predicted molar refractivity (Wildman–Crippen MR) is 102 cm³/mol. The molecule has 0 aliphatic rings. The predicted octanol–water partition coefficient (Wildman–Crippen LogP) is 3.21. The standard InChI is InChI=1S/C20H22N4O2/c1-13-14(2)23-19(24-20(13)25)16-8-9-18(22-11-16)21-10-15-6-4-5-7-17(15)12-26-3/h4-9,11H,10,12H2,1-3H3,(H,21,22)(H,23,24,25). The number of pyridine rings is 1. The van der Waals surface area contributed by atoms with E-state index in [1.54, 1.807) is 20.2 Å². The Balaban J connectivity index is 1.74. The van der Waals surface area contributed by atoms with Crippen molar-refractivity contribution in [2.45, 2.75) is 27.0 Å². The molecule has 3 aromatic rings. The highest BCUT2D eigenvalue weighted by Crippen LogP contribution is 2.17. The summed E-state index contributed by atoms with van der Waals surface area (Å²) in [4.78, 5) is 23.5. The van der Waals surface area contributed by atoms with Crippen molar-refractivity contribution < 1.29 is 4.74 Å². The topological polar surface area (TPSA) is 79.9 Å². The van der Waals surface area contributed by atoms with Gasteiger partial charge in [-0.25, -0.2) is 9.97 Å². The molecule has 0 bridgehead atoms. The van der Waals surface area contributed by atoms with Gasteiger partial charge in [0, 0.05) is 36.7 Å². The van der Waals surface area contributed by atoms with Crippen molar-refractivity contribution in [1.82, 2.24) is 15.0 Å². The van der Waals surface area contributed by atoms with Gasteiger partial charge in [0.05, 0.1) is 6.61 Å². The second-order valence-electron chi connectivity index (χ2n) is 6.11. The minimum absolute atomic E-state index is 0.121. The van der Waals surface area contributed by atoms with Crippen LogP contribution in [0.1, 0.15) is 22.4 Å². The third-order valence-corrected chi connectivity index (χ3v) is 4.31. The first kappa shape index (κ1) is 17.8. The zero-order valence-electron chi connectivity index (χ0n) is 15.2. The molecule has 0 fully saturated rings. The summed E-state index contributed by atoms with van der Waals surface area (Å²) in [6.45, 7) is 4.83. The van der Waals surface area contributed by atoms with E-state index in [4.69, 9.17) is 4.74 Å². The maximum absolute atomic E-state index is 11.9. The molecule has 0 radical (unpaired) electrons. The Morgan fingerprint density at radius 2 is 1.88 bits per heavy atom. The molecule has 0 aliphatic carbocycles. The molecule has 1 aromatic carbocycles. The Hall–Kier alpha value is -2.99. The van der Waals surface area contributed by atoms with Crippen molar-refractivity contribution in [2.24, 2.45) is 0 Å². The first-order chi connectivity index (χ1) is 12.6. The molecule has 2 aromatic heterocycles. The van der Waals surface area contributed by atoms with E-state index in [1.807, 2.05) is 31.2 Å². The van der Waals surface area contributed by atoms with Crippen molar-refractivity contribution in [3.05, 3.63) is 75.3 Å². The van der Waals surface area contributed by atoms with Gasteiger partial charge in [-0.15, -0.1) is 0 Å². The summed E-state index contributed by atoms with van der Waals surface area (Å²) in [6, 6.07) is 11.9. The minimum Gasteiger partial charge on any atom is -0.380 e. The number of H-pyrrole nitrogens is 1. The average Bonchev–Trinajstić information content (AvgIpc) is 2.66. The molecule has 2 heterocycles. The van der Waals surface area contributed by atoms with Crippen molar-refractivity contribution in [3.8, 4) is 11.4 Å². The van der Waals surface area contributed by atoms with Crippen LogP contribution < -0.4 is 10.9 Å². The van der Waals surface area contributed by atoms with Crippen molar-refractivity contribution in [1.29, 1.82) is 0 Å². The zero-order valence-corrected chi connectivity index (χ0v) is 15.2. The molecule has 0 aliphatic heterocycles. The number of aromatic amines is 1. The summed E-state index contributed by atoms with van der Waals surface area (Å²) in [6.07, 6.45) is 1.70. The molecule has 2 N–H and O–H groups in total. The monoisotopic (exact) mass is 350 g/mol. The molecular formula is C20H22N4O2. The Morgan fingerprint density at radius 3 is 2.54 bits per heavy atom. The lowest BCUT2D eigenvalue weighted by atomic mass is 10.1. The lowest BCUT2D eigenvalue weighted by Gasteiger charge is -2.11. The van der Waals surface area contributed by atoms with Crippen molar-refractivity contribution in [2.75, 3.05) is 12.4 Å². The highest BCUT2D eigenvalue weighted by molar-refractivity contribution is 5.56. The lowest BCUT2D eigenvalue weighted by molar-refractivity contribution is 0.184. The third kappa shape index (κ3) is 3.97. The lowest BCUT2D eigenvalue weighted by Crippen LogP contribution is -2.14. The summed E-state index contributed by atoms with van der Waals surface area (Å²) in [5.74, 6) is 1.29. The van der Waals surface area contributed by atoms with Gasteiger partial charge < -0.3 is 15.0 Å². The molecule has 6 heteroatoms. The van der Waals surface area contributed by atoms with Crippen LogP contribution in [-0.2, 0) is 17.9 Å². The first-order valence-electron chi connectivity index (χ1n) is 8.42. The quantitative estimate of drug-likeness (QED) is 0.714. The number of nitrogens with zero attached hydrogens (tertiary/aromatic N) is 2. The highest BCUT2D eigenvalue weighted by atomic mass is 16.5. The number of benzene rings is 1. The summed E-state index contributed by atoms with van der Waals surface area (Å²) < 4.78 is 5.23. The molecule has 26 heavy (non-hydrogen) atoms. The first-order valence-corrected chi connectivity index (χ1v) is 8.42. The molecule has 3 rings (SSSR count).